The van der Waals surface area contributed by atoms with Gasteiger partial charge in [-0.3, -0.25) is 0 Å². The second-order valence-electron chi connectivity index (χ2n) is 7.22. The Hall–Kier alpha value is -4.12. The quantitative estimate of drug-likeness (QED) is 0.301. The molecular formula is C23H16ClF4N5O2. The Kier molecular flexibility index (Phi) is 6.87. The Morgan fingerprint density at radius 3 is 2.49 bits per heavy atom. The maximum atomic E-state index is 13.4. The number of benzene rings is 3. The van der Waals surface area contributed by atoms with Crippen molar-refractivity contribution in [2.24, 2.45) is 0 Å². The van der Waals surface area contributed by atoms with Crippen LogP contribution in [0.5, 0.6) is 5.75 Å². The molecule has 35 heavy (non-hydrogen) atoms. The first-order valence-electron chi connectivity index (χ1n) is 10.0. The van der Waals surface area contributed by atoms with E-state index in [1.807, 2.05) is 0 Å². The van der Waals surface area contributed by atoms with E-state index >= 15 is 0 Å². The third-order valence-electron chi connectivity index (χ3n) is 4.62. The highest BCUT2D eigenvalue weighted by atomic mass is 35.5. The third kappa shape index (κ3) is 6.27. The number of hydrogen-bond acceptors (Lipinski definition) is 4. The van der Waals surface area contributed by atoms with E-state index in [0.717, 1.165) is 12.1 Å². The molecule has 0 fully saturated rings. The lowest BCUT2D eigenvalue weighted by atomic mass is 10.2. The van der Waals surface area contributed by atoms with Crippen LogP contribution in [0.25, 0.3) is 5.69 Å². The minimum atomic E-state index is -4.65. The Morgan fingerprint density at radius 2 is 1.74 bits per heavy atom. The maximum absolute atomic E-state index is 13.4. The minimum absolute atomic E-state index is 0.0515. The fourth-order valence-electron chi connectivity index (χ4n) is 3.04. The van der Waals surface area contributed by atoms with Crippen LogP contribution >= 0.6 is 11.6 Å². The van der Waals surface area contributed by atoms with E-state index in [-0.39, 0.29) is 12.3 Å². The molecule has 0 atom stereocenters. The summed E-state index contributed by atoms with van der Waals surface area (Å²) in [5.74, 6) is -0.00466. The van der Waals surface area contributed by atoms with Gasteiger partial charge in [-0.1, -0.05) is 28.9 Å². The lowest BCUT2D eigenvalue weighted by molar-refractivity contribution is -0.137. The zero-order valence-electron chi connectivity index (χ0n) is 17.7. The summed E-state index contributed by atoms with van der Waals surface area (Å²) in [5, 5.41) is 12.3. The average Bonchev–Trinajstić information content (AvgIpc) is 3.28. The van der Waals surface area contributed by atoms with Crippen LogP contribution in [0.15, 0.2) is 72.9 Å². The van der Waals surface area contributed by atoms with Crippen molar-refractivity contribution in [1.82, 2.24) is 15.0 Å². The summed E-state index contributed by atoms with van der Waals surface area (Å²) < 4.78 is 59.5. The number of carbonyl (C=O) groups excluding carboxylic acids is 1. The zero-order chi connectivity index (χ0) is 25.0. The molecule has 0 spiro atoms. The van der Waals surface area contributed by atoms with E-state index in [4.69, 9.17) is 16.3 Å². The molecule has 1 heterocycles. The van der Waals surface area contributed by atoms with Gasteiger partial charge in [0.05, 0.1) is 22.5 Å². The van der Waals surface area contributed by atoms with Crippen molar-refractivity contribution in [1.29, 1.82) is 0 Å². The van der Waals surface area contributed by atoms with Gasteiger partial charge < -0.3 is 15.4 Å². The third-order valence-corrected chi connectivity index (χ3v) is 4.95. The molecule has 4 rings (SSSR count). The Labute approximate surface area is 201 Å². The molecule has 12 heteroatoms. The molecule has 0 aliphatic rings. The molecular weight excluding hydrogens is 490 g/mol. The lowest BCUT2D eigenvalue weighted by Gasteiger charge is -2.13. The summed E-state index contributed by atoms with van der Waals surface area (Å²) in [6, 6.07) is 14.5. The number of aromatic nitrogens is 3. The number of anilines is 2. The van der Waals surface area contributed by atoms with Crippen molar-refractivity contribution < 1.29 is 27.1 Å². The predicted molar refractivity (Wildman–Crippen MR) is 121 cm³/mol. The van der Waals surface area contributed by atoms with Crippen LogP contribution < -0.4 is 15.4 Å². The molecule has 4 aromatic rings. The fraction of sp³-hybridized carbons (Fsp3) is 0.0870. The average molecular weight is 506 g/mol. The molecule has 3 aromatic carbocycles. The molecule has 180 valence electrons. The Bertz CT molecular complexity index is 1360. The predicted octanol–water partition coefficient (Wildman–Crippen LogP) is 6.30. The van der Waals surface area contributed by atoms with Crippen LogP contribution in [0.1, 0.15) is 11.3 Å². The number of nitrogens with one attached hydrogen (secondary N) is 2. The summed E-state index contributed by atoms with van der Waals surface area (Å²) in [7, 11) is 0. The summed E-state index contributed by atoms with van der Waals surface area (Å²) in [6.45, 7) is 0.0515. The number of carbonyl (C=O) groups is 1. The largest absolute Gasteiger partial charge is 0.487 e. The van der Waals surface area contributed by atoms with Gasteiger partial charge in [-0.15, -0.1) is 5.10 Å². The second kappa shape index (κ2) is 10.0. The maximum Gasteiger partial charge on any atom is 0.417 e. The number of alkyl halides is 3. The van der Waals surface area contributed by atoms with Gasteiger partial charge in [-0.05, 0) is 48.5 Å². The number of urea groups is 1. The standard InChI is InChI=1S/C23H16ClF4N5O2/c24-21-8-7-16(11-20(21)23(26,27)28)30-22(34)29-15-4-2-6-19(10-15)35-13-17-12-33(32-31-17)18-5-1-3-14(25)9-18/h1-12H,13H2,(H2,29,30,34). The van der Waals surface area contributed by atoms with Gasteiger partial charge in [0.1, 0.15) is 23.9 Å². The summed E-state index contributed by atoms with van der Waals surface area (Å²) >= 11 is 5.59. The number of nitrogens with zero attached hydrogens (tertiary/aromatic N) is 3. The van der Waals surface area contributed by atoms with Crippen LogP contribution in [0, 0.1) is 5.82 Å². The van der Waals surface area contributed by atoms with Gasteiger partial charge in [0.2, 0.25) is 0 Å². The van der Waals surface area contributed by atoms with Crippen LogP contribution in [-0.4, -0.2) is 21.0 Å². The Morgan fingerprint density at radius 1 is 1.00 bits per heavy atom. The number of hydrogen-bond donors (Lipinski definition) is 2. The van der Waals surface area contributed by atoms with E-state index in [1.54, 1.807) is 36.5 Å². The van der Waals surface area contributed by atoms with Gasteiger partial charge in [0, 0.05) is 17.4 Å². The van der Waals surface area contributed by atoms with Crippen molar-refractivity contribution in [3.63, 3.8) is 0 Å². The first-order valence-corrected chi connectivity index (χ1v) is 10.4. The number of amides is 2. The lowest BCUT2D eigenvalue weighted by Crippen LogP contribution is -2.20. The SMILES string of the molecule is O=C(Nc1cccc(OCc2cn(-c3cccc(F)c3)nn2)c1)Nc1ccc(Cl)c(C(F)(F)F)c1. The molecule has 1 aromatic heterocycles. The van der Waals surface area contributed by atoms with E-state index < -0.39 is 28.6 Å². The van der Waals surface area contributed by atoms with Crippen molar-refractivity contribution in [2.75, 3.05) is 10.6 Å². The fourth-order valence-corrected chi connectivity index (χ4v) is 3.27. The van der Waals surface area contributed by atoms with Crippen molar-refractivity contribution >= 4 is 29.0 Å². The monoisotopic (exact) mass is 505 g/mol. The van der Waals surface area contributed by atoms with E-state index in [1.165, 1.54) is 28.9 Å². The molecule has 2 N–H and O–H groups in total. The Balaban J connectivity index is 1.36. The van der Waals surface area contributed by atoms with Crippen molar-refractivity contribution in [3.8, 4) is 11.4 Å². The molecule has 0 saturated carbocycles. The molecule has 0 unspecified atom stereocenters. The topological polar surface area (TPSA) is 81.1 Å². The molecule has 0 saturated heterocycles. The first kappa shape index (κ1) is 24.0. The molecule has 0 aliphatic heterocycles. The van der Waals surface area contributed by atoms with Crippen LogP contribution in [0.3, 0.4) is 0 Å². The first-order chi connectivity index (χ1) is 16.7. The van der Waals surface area contributed by atoms with E-state index in [2.05, 4.69) is 20.9 Å². The number of rotatable bonds is 6. The van der Waals surface area contributed by atoms with Gasteiger partial charge in [0.25, 0.3) is 0 Å². The summed E-state index contributed by atoms with van der Waals surface area (Å²) in [6.07, 6.45) is -3.06. The van der Waals surface area contributed by atoms with Crippen LogP contribution in [0.4, 0.5) is 33.7 Å². The van der Waals surface area contributed by atoms with Gasteiger partial charge in [0.15, 0.2) is 0 Å². The normalized spacial score (nSPS) is 11.2. The van der Waals surface area contributed by atoms with Crippen molar-refractivity contribution in [2.45, 2.75) is 12.8 Å². The summed E-state index contributed by atoms with van der Waals surface area (Å²) in [4.78, 5) is 12.3. The van der Waals surface area contributed by atoms with Gasteiger partial charge in [-0.2, -0.15) is 13.2 Å². The molecule has 7 nitrogen and oxygen atoms in total. The smallest absolute Gasteiger partial charge is 0.417 e. The molecule has 0 bridgehead atoms. The molecule has 0 radical (unpaired) electrons. The van der Waals surface area contributed by atoms with Crippen LogP contribution in [0.2, 0.25) is 5.02 Å². The highest BCUT2D eigenvalue weighted by Crippen LogP contribution is 2.36. The second-order valence-corrected chi connectivity index (χ2v) is 7.63. The zero-order valence-corrected chi connectivity index (χ0v) is 18.4. The number of ether oxygens (including phenoxy) is 1. The van der Waals surface area contributed by atoms with Crippen molar-refractivity contribution in [3.05, 3.63) is 95.0 Å². The van der Waals surface area contributed by atoms with Gasteiger partial charge >= 0.3 is 12.2 Å². The molecule has 0 aliphatic carbocycles. The summed E-state index contributed by atoms with van der Waals surface area (Å²) in [5.41, 5.74) is 0.195. The van der Waals surface area contributed by atoms with E-state index in [0.29, 0.717) is 22.8 Å². The number of halogens is 5. The van der Waals surface area contributed by atoms with Crippen LogP contribution in [-0.2, 0) is 12.8 Å². The minimum Gasteiger partial charge on any atom is -0.487 e. The van der Waals surface area contributed by atoms with Gasteiger partial charge in [-0.25, -0.2) is 13.9 Å². The highest BCUT2D eigenvalue weighted by molar-refractivity contribution is 6.31. The van der Waals surface area contributed by atoms with E-state index in [9.17, 15) is 22.4 Å². The highest BCUT2D eigenvalue weighted by Gasteiger charge is 2.33. The molecule has 2 amide bonds.